The van der Waals surface area contributed by atoms with Gasteiger partial charge in [-0.1, -0.05) is 24.3 Å². The second kappa shape index (κ2) is 5.49. The lowest BCUT2D eigenvalue weighted by molar-refractivity contribution is 0.0998. The van der Waals surface area contributed by atoms with E-state index in [-0.39, 0.29) is 0 Å². The summed E-state index contributed by atoms with van der Waals surface area (Å²) in [5, 5.41) is 0. The predicted molar refractivity (Wildman–Crippen MR) is 85.6 cm³/mol. The number of rotatable bonds is 3. The topological polar surface area (TPSA) is 19.4 Å². The van der Waals surface area contributed by atoms with E-state index in [1.807, 2.05) is 12.3 Å². The van der Waals surface area contributed by atoms with E-state index in [0.29, 0.717) is 12.0 Å². The van der Waals surface area contributed by atoms with Crippen LogP contribution >= 0.6 is 0 Å². The molecule has 0 bridgehead atoms. The third-order valence-electron chi connectivity index (χ3n) is 4.82. The van der Waals surface area contributed by atoms with Crippen molar-refractivity contribution in [3.8, 4) is 0 Å². The second-order valence-electron chi connectivity index (χ2n) is 6.13. The van der Waals surface area contributed by atoms with Crippen LogP contribution in [0.4, 0.5) is 5.69 Å². The van der Waals surface area contributed by atoms with Crippen molar-refractivity contribution in [1.29, 1.82) is 0 Å². The van der Waals surface area contributed by atoms with E-state index in [2.05, 4.69) is 57.2 Å². The van der Waals surface area contributed by atoms with E-state index in [1.165, 1.54) is 44.0 Å². The summed E-state index contributed by atoms with van der Waals surface area (Å²) >= 11 is 0. The largest absolute Gasteiger partial charge is 0.370 e. The highest BCUT2D eigenvalue weighted by Crippen LogP contribution is 2.31. The molecule has 4 rings (SSSR count). The third kappa shape index (κ3) is 2.54. The Morgan fingerprint density at radius 1 is 0.905 bits per heavy atom. The van der Waals surface area contributed by atoms with Gasteiger partial charge in [0.05, 0.1) is 0 Å². The quantitative estimate of drug-likeness (QED) is 0.861. The van der Waals surface area contributed by atoms with Gasteiger partial charge in [0.2, 0.25) is 0 Å². The van der Waals surface area contributed by atoms with Crippen molar-refractivity contribution >= 4 is 5.69 Å². The number of pyridine rings is 1. The first kappa shape index (κ1) is 12.8. The lowest BCUT2D eigenvalue weighted by Crippen LogP contribution is -2.51. The fraction of sp³-hybridized carbons (Fsp3) is 0.389. The summed E-state index contributed by atoms with van der Waals surface area (Å²) < 4.78 is 0. The summed E-state index contributed by atoms with van der Waals surface area (Å²) in [5.41, 5.74) is 2.62. The Bertz CT molecular complexity index is 578. The van der Waals surface area contributed by atoms with Crippen LogP contribution in [0, 0.1) is 0 Å². The van der Waals surface area contributed by atoms with Crippen LogP contribution in [0.15, 0.2) is 54.7 Å². The second-order valence-corrected chi connectivity index (χ2v) is 6.13. The first-order valence-electron chi connectivity index (χ1n) is 7.85. The maximum atomic E-state index is 4.49. The molecule has 21 heavy (non-hydrogen) atoms. The summed E-state index contributed by atoms with van der Waals surface area (Å²) in [7, 11) is 0. The Morgan fingerprint density at radius 2 is 1.71 bits per heavy atom. The van der Waals surface area contributed by atoms with Crippen LogP contribution in [-0.2, 0) is 0 Å². The fourth-order valence-electron chi connectivity index (χ4n) is 3.53. The van der Waals surface area contributed by atoms with Gasteiger partial charge in [-0.2, -0.15) is 0 Å². The molecule has 3 nitrogen and oxygen atoms in total. The SMILES string of the molecule is c1ccc(N2CCC(N3CC(c4ccccn4)C3)C2)cc1. The average molecular weight is 279 g/mol. The number of para-hydroxylation sites is 1. The Hall–Kier alpha value is -1.87. The Kier molecular flexibility index (Phi) is 3.36. The van der Waals surface area contributed by atoms with Crippen LogP contribution in [0.1, 0.15) is 18.0 Å². The number of aromatic nitrogens is 1. The highest BCUT2D eigenvalue weighted by atomic mass is 15.3. The minimum Gasteiger partial charge on any atom is -0.370 e. The van der Waals surface area contributed by atoms with Crippen molar-refractivity contribution in [2.45, 2.75) is 18.4 Å². The standard InChI is InChI=1S/C18H21N3/c1-2-6-16(7-3-1)20-11-9-17(14-20)21-12-15(13-21)18-8-4-5-10-19-18/h1-8,10,15,17H,9,11-14H2. The van der Waals surface area contributed by atoms with Crippen LogP contribution in [0.2, 0.25) is 0 Å². The molecule has 2 aromatic rings. The number of hydrogen-bond donors (Lipinski definition) is 0. The van der Waals surface area contributed by atoms with E-state index in [0.717, 1.165) is 0 Å². The van der Waals surface area contributed by atoms with E-state index < -0.39 is 0 Å². The van der Waals surface area contributed by atoms with E-state index in [9.17, 15) is 0 Å². The summed E-state index contributed by atoms with van der Waals surface area (Å²) in [6.45, 7) is 4.69. The normalized spacial score (nSPS) is 23.2. The zero-order valence-electron chi connectivity index (χ0n) is 12.2. The van der Waals surface area contributed by atoms with Gasteiger partial charge in [-0.3, -0.25) is 9.88 Å². The van der Waals surface area contributed by atoms with Gasteiger partial charge in [0.15, 0.2) is 0 Å². The zero-order valence-corrected chi connectivity index (χ0v) is 12.2. The molecule has 1 unspecified atom stereocenters. The average Bonchev–Trinajstić information content (AvgIpc) is 2.97. The number of likely N-dealkylation sites (tertiary alicyclic amines) is 1. The maximum Gasteiger partial charge on any atom is 0.0460 e. The molecule has 2 saturated heterocycles. The van der Waals surface area contributed by atoms with Crippen LogP contribution < -0.4 is 4.90 Å². The van der Waals surface area contributed by atoms with E-state index in [4.69, 9.17) is 0 Å². The number of hydrogen-bond acceptors (Lipinski definition) is 3. The minimum absolute atomic E-state index is 0.636. The first-order chi connectivity index (χ1) is 10.4. The monoisotopic (exact) mass is 279 g/mol. The summed E-state index contributed by atoms with van der Waals surface area (Å²) in [5.74, 6) is 0.636. The highest BCUT2D eigenvalue weighted by molar-refractivity contribution is 5.47. The van der Waals surface area contributed by atoms with Crippen LogP contribution in [-0.4, -0.2) is 42.1 Å². The Balaban J connectivity index is 1.34. The maximum absolute atomic E-state index is 4.49. The van der Waals surface area contributed by atoms with Gasteiger partial charge in [-0.05, 0) is 30.7 Å². The molecular formula is C18H21N3. The molecule has 1 aromatic heterocycles. The zero-order chi connectivity index (χ0) is 14.1. The Morgan fingerprint density at radius 3 is 2.48 bits per heavy atom. The molecule has 3 heteroatoms. The molecule has 0 saturated carbocycles. The van der Waals surface area contributed by atoms with E-state index >= 15 is 0 Å². The van der Waals surface area contributed by atoms with Gasteiger partial charge in [-0.15, -0.1) is 0 Å². The van der Waals surface area contributed by atoms with Crippen molar-refractivity contribution in [3.05, 3.63) is 60.4 Å². The third-order valence-corrected chi connectivity index (χ3v) is 4.82. The first-order valence-corrected chi connectivity index (χ1v) is 7.85. The summed E-state index contributed by atoms with van der Waals surface area (Å²) in [6, 6.07) is 17.7. The smallest absolute Gasteiger partial charge is 0.0460 e. The van der Waals surface area contributed by atoms with Crippen molar-refractivity contribution in [2.24, 2.45) is 0 Å². The van der Waals surface area contributed by atoms with Crippen molar-refractivity contribution in [3.63, 3.8) is 0 Å². The number of anilines is 1. The molecule has 108 valence electrons. The molecule has 1 atom stereocenters. The molecule has 0 aliphatic carbocycles. The van der Waals surface area contributed by atoms with Gasteiger partial charge in [0.25, 0.3) is 0 Å². The van der Waals surface area contributed by atoms with Gasteiger partial charge < -0.3 is 4.90 Å². The van der Waals surface area contributed by atoms with Crippen LogP contribution in [0.25, 0.3) is 0 Å². The molecule has 2 fully saturated rings. The molecule has 0 amide bonds. The van der Waals surface area contributed by atoms with Gasteiger partial charge in [0, 0.05) is 55.7 Å². The van der Waals surface area contributed by atoms with Crippen molar-refractivity contribution < 1.29 is 0 Å². The molecule has 0 radical (unpaired) electrons. The summed E-state index contributed by atoms with van der Waals surface area (Å²) in [4.78, 5) is 9.63. The molecule has 2 aliphatic heterocycles. The van der Waals surface area contributed by atoms with Crippen molar-refractivity contribution in [2.75, 3.05) is 31.1 Å². The van der Waals surface area contributed by atoms with Crippen LogP contribution in [0.3, 0.4) is 0 Å². The highest BCUT2D eigenvalue weighted by Gasteiger charge is 2.37. The van der Waals surface area contributed by atoms with Gasteiger partial charge >= 0.3 is 0 Å². The molecule has 0 N–H and O–H groups in total. The van der Waals surface area contributed by atoms with Gasteiger partial charge in [-0.25, -0.2) is 0 Å². The lowest BCUT2D eigenvalue weighted by atomic mass is 9.93. The summed E-state index contributed by atoms with van der Waals surface area (Å²) in [6.07, 6.45) is 3.19. The number of benzene rings is 1. The lowest BCUT2D eigenvalue weighted by Gasteiger charge is -2.42. The molecule has 2 aliphatic rings. The number of nitrogens with zero attached hydrogens (tertiary/aromatic N) is 3. The molecule has 0 spiro atoms. The molecule has 1 aromatic carbocycles. The molecule has 3 heterocycles. The fourth-order valence-corrected chi connectivity index (χ4v) is 3.53. The Labute approximate surface area is 126 Å². The van der Waals surface area contributed by atoms with Crippen LogP contribution in [0.5, 0.6) is 0 Å². The molecular weight excluding hydrogens is 258 g/mol. The van der Waals surface area contributed by atoms with Gasteiger partial charge in [0.1, 0.15) is 0 Å². The van der Waals surface area contributed by atoms with E-state index in [1.54, 1.807) is 0 Å². The minimum atomic E-state index is 0.636. The predicted octanol–water partition coefficient (Wildman–Crippen LogP) is 2.76. The van der Waals surface area contributed by atoms with Crippen molar-refractivity contribution in [1.82, 2.24) is 9.88 Å².